The summed E-state index contributed by atoms with van der Waals surface area (Å²) in [6.07, 6.45) is 7.36. The van der Waals surface area contributed by atoms with Crippen molar-refractivity contribution in [3.05, 3.63) is 16.5 Å². The van der Waals surface area contributed by atoms with Crippen molar-refractivity contribution in [3.8, 4) is 6.07 Å². The molecule has 0 spiro atoms. The van der Waals surface area contributed by atoms with Crippen LogP contribution in [0.25, 0.3) is 0 Å². The molecular formula is C19H24N2O2S. The van der Waals surface area contributed by atoms with E-state index in [-0.39, 0.29) is 11.3 Å². The normalized spacial score (nSPS) is 36.5. The molecule has 5 rings (SSSR count). The second kappa shape index (κ2) is 5.57. The maximum absolute atomic E-state index is 12.7. The molecule has 4 nitrogen and oxygen atoms in total. The number of thiophene rings is 1. The number of carbonyl (C=O) groups is 1. The van der Waals surface area contributed by atoms with Gasteiger partial charge in [0.05, 0.1) is 11.2 Å². The van der Waals surface area contributed by atoms with Crippen molar-refractivity contribution >= 4 is 22.2 Å². The molecule has 0 aliphatic heterocycles. The standard InChI is InChI=1S/C19H24N2O2S/c1-2-15-4-14(10-20)17(24-15)21-16(22)9-18-5-12-3-13(6-18)8-19(23,7-12)11-18/h4,12-13,23H,2-3,5-9,11H2,1H3,(H,21,22). The molecule has 4 fully saturated rings. The van der Waals surface area contributed by atoms with Crippen molar-refractivity contribution in [3.63, 3.8) is 0 Å². The summed E-state index contributed by atoms with van der Waals surface area (Å²) in [6.45, 7) is 2.05. The SMILES string of the molecule is CCc1cc(C#N)c(NC(=O)CC23CC4CC(CC(O)(C4)C2)C3)s1. The average Bonchev–Trinajstić information content (AvgIpc) is 2.85. The van der Waals surface area contributed by atoms with Crippen LogP contribution < -0.4 is 5.32 Å². The summed E-state index contributed by atoms with van der Waals surface area (Å²) in [5, 5.41) is 23.7. The topological polar surface area (TPSA) is 73.1 Å². The molecule has 2 atom stereocenters. The first-order chi connectivity index (χ1) is 11.4. The predicted molar refractivity (Wildman–Crippen MR) is 93.7 cm³/mol. The van der Waals surface area contributed by atoms with Crippen LogP contribution in [0.15, 0.2) is 6.07 Å². The second-order valence-electron chi connectivity index (χ2n) is 8.33. The van der Waals surface area contributed by atoms with Gasteiger partial charge in [-0.15, -0.1) is 11.3 Å². The van der Waals surface area contributed by atoms with E-state index in [1.165, 1.54) is 17.8 Å². The number of nitriles is 1. The molecule has 5 heteroatoms. The highest BCUT2D eigenvalue weighted by Gasteiger charge is 2.57. The van der Waals surface area contributed by atoms with Gasteiger partial charge in [0.15, 0.2) is 0 Å². The Hall–Kier alpha value is -1.38. The van der Waals surface area contributed by atoms with Gasteiger partial charge in [-0.25, -0.2) is 0 Å². The Morgan fingerprint density at radius 3 is 2.71 bits per heavy atom. The summed E-state index contributed by atoms with van der Waals surface area (Å²) >= 11 is 1.50. The van der Waals surface area contributed by atoms with E-state index in [1.807, 2.05) is 6.07 Å². The lowest BCUT2D eigenvalue weighted by molar-refractivity contribution is -0.167. The first-order valence-corrected chi connectivity index (χ1v) is 9.79. The molecule has 4 aliphatic rings. The molecule has 4 saturated carbocycles. The van der Waals surface area contributed by atoms with Crippen molar-refractivity contribution in [1.29, 1.82) is 5.26 Å². The minimum absolute atomic E-state index is 0.00144. The summed E-state index contributed by atoms with van der Waals surface area (Å²) in [5.74, 6) is 1.18. The Bertz CT molecular complexity index is 703. The van der Waals surface area contributed by atoms with E-state index in [0.29, 0.717) is 28.8 Å². The van der Waals surface area contributed by atoms with Crippen LogP contribution in [0.3, 0.4) is 0 Å². The van der Waals surface area contributed by atoms with Gasteiger partial charge in [0.25, 0.3) is 0 Å². The van der Waals surface area contributed by atoms with Crippen LogP contribution in [0, 0.1) is 28.6 Å². The van der Waals surface area contributed by atoms with Gasteiger partial charge in [0.2, 0.25) is 5.91 Å². The smallest absolute Gasteiger partial charge is 0.225 e. The molecule has 2 N–H and O–H groups in total. The highest BCUT2D eigenvalue weighted by molar-refractivity contribution is 7.16. The number of aliphatic hydroxyl groups is 1. The van der Waals surface area contributed by atoms with E-state index in [2.05, 4.69) is 18.3 Å². The predicted octanol–water partition coefficient (Wildman–Crippen LogP) is 3.84. The van der Waals surface area contributed by atoms with Crippen molar-refractivity contribution in [2.45, 2.75) is 63.9 Å². The maximum atomic E-state index is 12.7. The van der Waals surface area contributed by atoms with Gasteiger partial charge in [-0.1, -0.05) is 6.92 Å². The number of amides is 1. The summed E-state index contributed by atoms with van der Waals surface area (Å²) in [7, 11) is 0. The molecule has 1 amide bonds. The Morgan fingerprint density at radius 2 is 2.12 bits per heavy atom. The zero-order valence-electron chi connectivity index (χ0n) is 14.1. The molecule has 1 heterocycles. The Labute approximate surface area is 146 Å². The number of aryl methyl sites for hydroxylation is 1. The number of hydrogen-bond donors (Lipinski definition) is 2. The van der Waals surface area contributed by atoms with E-state index in [4.69, 9.17) is 0 Å². The fourth-order valence-corrected chi connectivity index (χ4v) is 6.88. The van der Waals surface area contributed by atoms with E-state index in [0.717, 1.165) is 43.4 Å². The van der Waals surface area contributed by atoms with E-state index >= 15 is 0 Å². The first-order valence-electron chi connectivity index (χ1n) is 8.98. The number of nitrogens with zero attached hydrogens (tertiary/aromatic N) is 1. The van der Waals surface area contributed by atoms with Gasteiger partial charge in [0, 0.05) is 11.3 Å². The van der Waals surface area contributed by atoms with Crippen molar-refractivity contribution in [2.24, 2.45) is 17.3 Å². The minimum Gasteiger partial charge on any atom is -0.390 e. The van der Waals surface area contributed by atoms with Gasteiger partial charge < -0.3 is 10.4 Å². The maximum Gasteiger partial charge on any atom is 0.225 e. The Morgan fingerprint density at radius 1 is 1.42 bits per heavy atom. The van der Waals surface area contributed by atoms with Gasteiger partial charge in [-0.3, -0.25) is 4.79 Å². The molecule has 24 heavy (non-hydrogen) atoms. The van der Waals surface area contributed by atoms with Crippen LogP contribution in [0.2, 0.25) is 0 Å². The van der Waals surface area contributed by atoms with E-state index in [1.54, 1.807) is 0 Å². The molecule has 0 radical (unpaired) electrons. The van der Waals surface area contributed by atoms with Crippen molar-refractivity contribution in [1.82, 2.24) is 0 Å². The summed E-state index contributed by atoms with van der Waals surface area (Å²) in [4.78, 5) is 13.8. The van der Waals surface area contributed by atoms with Gasteiger partial charge in [-0.05, 0) is 68.3 Å². The summed E-state index contributed by atoms with van der Waals surface area (Å²) < 4.78 is 0. The molecule has 4 aliphatic carbocycles. The fourth-order valence-electron chi connectivity index (χ4n) is 5.91. The summed E-state index contributed by atoms with van der Waals surface area (Å²) in [5.41, 5.74) is 0.00970. The quantitative estimate of drug-likeness (QED) is 0.871. The number of rotatable bonds is 4. The fraction of sp³-hybridized carbons (Fsp3) is 0.684. The Kier molecular flexibility index (Phi) is 3.74. The van der Waals surface area contributed by atoms with Crippen LogP contribution >= 0.6 is 11.3 Å². The van der Waals surface area contributed by atoms with Crippen LogP contribution in [-0.4, -0.2) is 16.6 Å². The third-order valence-corrected chi connectivity index (χ3v) is 7.39. The Balaban J connectivity index is 1.49. The van der Waals surface area contributed by atoms with Gasteiger partial charge in [-0.2, -0.15) is 5.26 Å². The van der Waals surface area contributed by atoms with Crippen LogP contribution in [0.1, 0.15) is 62.3 Å². The van der Waals surface area contributed by atoms with Gasteiger partial charge in [0.1, 0.15) is 11.1 Å². The monoisotopic (exact) mass is 344 g/mol. The number of nitrogens with one attached hydrogen (secondary N) is 1. The number of carbonyl (C=O) groups excluding carboxylic acids is 1. The average molecular weight is 344 g/mol. The van der Waals surface area contributed by atoms with Gasteiger partial charge >= 0.3 is 0 Å². The molecule has 128 valence electrons. The van der Waals surface area contributed by atoms with E-state index < -0.39 is 5.60 Å². The molecule has 0 saturated heterocycles. The van der Waals surface area contributed by atoms with Crippen molar-refractivity contribution in [2.75, 3.05) is 5.32 Å². The third kappa shape index (κ3) is 2.76. The first kappa shape index (κ1) is 16.1. The zero-order chi connectivity index (χ0) is 16.9. The lowest BCUT2D eigenvalue weighted by Crippen LogP contribution is -2.56. The number of hydrogen-bond acceptors (Lipinski definition) is 4. The largest absolute Gasteiger partial charge is 0.390 e. The molecule has 1 aromatic heterocycles. The van der Waals surface area contributed by atoms with Crippen LogP contribution in [0.4, 0.5) is 5.00 Å². The lowest BCUT2D eigenvalue weighted by atomic mass is 9.47. The molecule has 1 aromatic rings. The lowest BCUT2D eigenvalue weighted by Gasteiger charge is -2.60. The van der Waals surface area contributed by atoms with Crippen LogP contribution in [0.5, 0.6) is 0 Å². The van der Waals surface area contributed by atoms with Crippen molar-refractivity contribution < 1.29 is 9.90 Å². The van der Waals surface area contributed by atoms with E-state index in [9.17, 15) is 15.2 Å². The van der Waals surface area contributed by atoms with Crippen LogP contribution in [-0.2, 0) is 11.2 Å². The minimum atomic E-state index is -0.527. The molecular weight excluding hydrogens is 320 g/mol. The number of anilines is 1. The summed E-state index contributed by atoms with van der Waals surface area (Å²) in [6, 6.07) is 4.05. The second-order valence-corrected chi connectivity index (χ2v) is 9.47. The molecule has 2 unspecified atom stereocenters. The third-order valence-electron chi connectivity index (χ3n) is 6.19. The highest BCUT2D eigenvalue weighted by atomic mass is 32.1. The zero-order valence-corrected chi connectivity index (χ0v) is 14.9. The highest BCUT2D eigenvalue weighted by Crippen LogP contribution is 2.62. The molecule has 0 aromatic carbocycles. The molecule has 4 bridgehead atoms.